The average molecular weight is 802 g/mol. The molecule has 12 rings (SSSR count). The summed E-state index contributed by atoms with van der Waals surface area (Å²) < 4.78 is 8.96. The van der Waals surface area contributed by atoms with Crippen molar-refractivity contribution in [3.8, 4) is 22.3 Å². The first-order chi connectivity index (χ1) is 30.1. The van der Waals surface area contributed by atoms with Crippen molar-refractivity contribution < 1.29 is 4.42 Å². The van der Waals surface area contributed by atoms with Crippen molar-refractivity contribution in [2.75, 3.05) is 0 Å². The number of nitrogens with one attached hydrogen (secondary N) is 1. The number of thiophene rings is 1. The summed E-state index contributed by atoms with van der Waals surface area (Å²) in [6.07, 6.45) is 6.73. The molecule has 0 saturated heterocycles. The van der Waals surface area contributed by atoms with E-state index in [4.69, 9.17) is 4.42 Å². The summed E-state index contributed by atoms with van der Waals surface area (Å²) >= 11 is 1.90. The van der Waals surface area contributed by atoms with E-state index in [9.17, 15) is 0 Å². The lowest BCUT2D eigenvalue weighted by Crippen LogP contribution is -2.21. The molecule has 0 spiro atoms. The highest BCUT2D eigenvalue weighted by atomic mass is 32.1. The second-order valence-electron chi connectivity index (χ2n) is 16.8. The number of allylic oxidation sites excluding steroid dienone is 3. The second kappa shape index (κ2) is 14.7. The van der Waals surface area contributed by atoms with Crippen molar-refractivity contribution in [1.82, 2.24) is 5.32 Å². The van der Waals surface area contributed by atoms with Gasteiger partial charge in [-0.2, -0.15) is 0 Å². The van der Waals surface area contributed by atoms with Gasteiger partial charge >= 0.3 is 0 Å². The van der Waals surface area contributed by atoms with Crippen LogP contribution < -0.4 is 5.32 Å². The van der Waals surface area contributed by atoms with E-state index in [2.05, 4.69) is 200 Å². The highest BCUT2D eigenvalue weighted by molar-refractivity contribution is 7.25. The summed E-state index contributed by atoms with van der Waals surface area (Å²) in [5.74, 6) is 0.708. The van der Waals surface area contributed by atoms with Gasteiger partial charge in [0.1, 0.15) is 11.2 Å². The molecule has 2 aromatic heterocycles. The monoisotopic (exact) mass is 801 g/mol. The van der Waals surface area contributed by atoms with E-state index in [0.29, 0.717) is 11.8 Å². The number of rotatable bonds is 5. The highest BCUT2D eigenvalue weighted by Gasteiger charge is 2.32. The average Bonchev–Trinajstić information content (AvgIpc) is 3.87. The summed E-state index contributed by atoms with van der Waals surface area (Å²) in [5.41, 5.74) is 17.4. The molecule has 0 saturated carbocycles. The molecular weight excluding hydrogens is 759 g/mol. The maximum Gasteiger partial charge on any atom is 0.135 e. The number of para-hydroxylation sites is 1. The Morgan fingerprint density at radius 1 is 0.525 bits per heavy atom. The molecule has 2 aliphatic rings. The Labute approximate surface area is 360 Å². The Morgan fingerprint density at radius 3 is 2.16 bits per heavy atom. The van der Waals surface area contributed by atoms with Gasteiger partial charge in [-0.1, -0.05) is 165 Å². The van der Waals surface area contributed by atoms with E-state index in [1.165, 1.54) is 81.4 Å². The summed E-state index contributed by atoms with van der Waals surface area (Å²) in [4.78, 5) is 0. The van der Waals surface area contributed by atoms with E-state index in [1.807, 2.05) is 17.4 Å². The van der Waals surface area contributed by atoms with Crippen molar-refractivity contribution in [1.29, 1.82) is 0 Å². The van der Waals surface area contributed by atoms with Gasteiger partial charge < -0.3 is 9.73 Å². The third-order valence-corrected chi connectivity index (χ3v) is 14.4. The SMILES string of the molecule is CC1c2ccc(-c3ccc4c(c3)sc3cccc(C5=CCCC(c6ccc7c(c6)oc6ccccc67)NC(c6ccccc6)=C5)c34)cc2-c2ccccc2C1c1ccccc1. The molecule has 1 aliphatic heterocycles. The molecule has 1 N–H and O–H groups in total. The first kappa shape index (κ1) is 36.0. The van der Waals surface area contributed by atoms with E-state index >= 15 is 0 Å². The first-order valence-electron chi connectivity index (χ1n) is 21.5. The molecular formula is C58H43NOS. The van der Waals surface area contributed by atoms with Crippen molar-refractivity contribution in [3.05, 3.63) is 228 Å². The number of hydrogen-bond donors (Lipinski definition) is 1. The molecule has 0 bridgehead atoms. The van der Waals surface area contributed by atoms with Gasteiger partial charge in [0.05, 0.1) is 6.04 Å². The topological polar surface area (TPSA) is 25.2 Å². The fourth-order valence-electron chi connectivity index (χ4n) is 10.3. The number of fused-ring (bicyclic) bond motifs is 9. The quantitative estimate of drug-likeness (QED) is 0.188. The van der Waals surface area contributed by atoms with Crippen molar-refractivity contribution in [2.24, 2.45) is 0 Å². The minimum Gasteiger partial charge on any atom is -0.456 e. The first-order valence-corrected chi connectivity index (χ1v) is 22.4. The van der Waals surface area contributed by atoms with Crippen LogP contribution in [0.2, 0.25) is 0 Å². The van der Waals surface area contributed by atoms with Crippen molar-refractivity contribution in [2.45, 2.75) is 37.6 Å². The third kappa shape index (κ3) is 6.14. The van der Waals surface area contributed by atoms with Crippen LogP contribution in [0.25, 0.3) is 75.6 Å². The largest absolute Gasteiger partial charge is 0.456 e. The Morgan fingerprint density at radius 2 is 1.26 bits per heavy atom. The molecule has 3 heterocycles. The van der Waals surface area contributed by atoms with Gasteiger partial charge in [0.25, 0.3) is 0 Å². The smallest absolute Gasteiger partial charge is 0.135 e. The van der Waals surface area contributed by atoms with Gasteiger partial charge in [-0.3, -0.25) is 0 Å². The lowest BCUT2D eigenvalue weighted by molar-refractivity contribution is 0.584. The lowest BCUT2D eigenvalue weighted by Gasteiger charge is -2.34. The minimum atomic E-state index is 0.128. The summed E-state index contributed by atoms with van der Waals surface area (Å²) in [6.45, 7) is 2.40. The van der Waals surface area contributed by atoms with Crippen LogP contribution in [0.1, 0.15) is 71.0 Å². The zero-order valence-electron chi connectivity index (χ0n) is 33.9. The lowest BCUT2D eigenvalue weighted by atomic mass is 9.69. The second-order valence-corrected chi connectivity index (χ2v) is 17.9. The van der Waals surface area contributed by atoms with Crippen LogP contribution in [-0.4, -0.2) is 0 Å². The zero-order chi connectivity index (χ0) is 40.4. The summed E-state index contributed by atoms with van der Waals surface area (Å²) in [7, 11) is 0. The van der Waals surface area contributed by atoms with E-state index in [1.54, 1.807) is 0 Å². The maximum absolute atomic E-state index is 6.33. The Kier molecular flexibility index (Phi) is 8.64. The number of furan rings is 1. The van der Waals surface area contributed by atoms with Crippen LogP contribution in [0.4, 0.5) is 0 Å². The predicted molar refractivity (Wildman–Crippen MR) is 258 cm³/mol. The van der Waals surface area contributed by atoms with Crippen LogP contribution in [-0.2, 0) is 0 Å². The molecule has 0 fully saturated rings. The Hall–Kier alpha value is -6.94. The molecule has 0 amide bonds. The molecule has 8 aromatic carbocycles. The molecule has 292 valence electrons. The fraction of sp³-hybridized carbons (Fsp3) is 0.103. The molecule has 61 heavy (non-hydrogen) atoms. The van der Waals surface area contributed by atoms with Crippen LogP contribution >= 0.6 is 11.3 Å². The fourth-order valence-corrected chi connectivity index (χ4v) is 11.5. The molecule has 10 aromatic rings. The molecule has 0 radical (unpaired) electrons. The van der Waals surface area contributed by atoms with Gasteiger partial charge in [0.2, 0.25) is 0 Å². The van der Waals surface area contributed by atoms with Crippen LogP contribution in [0.3, 0.4) is 0 Å². The van der Waals surface area contributed by atoms with Gasteiger partial charge in [0.15, 0.2) is 0 Å². The molecule has 1 aliphatic carbocycles. The molecule has 3 unspecified atom stereocenters. The van der Waals surface area contributed by atoms with Gasteiger partial charge in [-0.25, -0.2) is 0 Å². The molecule has 2 nitrogen and oxygen atoms in total. The van der Waals surface area contributed by atoms with E-state index in [0.717, 1.165) is 40.5 Å². The zero-order valence-corrected chi connectivity index (χ0v) is 34.8. The van der Waals surface area contributed by atoms with Crippen LogP contribution in [0.5, 0.6) is 0 Å². The van der Waals surface area contributed by atoms with Crippen LogP contribution in [0, 0.1) is 0 Å². The standard InChI is InChI=1S/C58H43NOS/c1-36-43-29-26-39(32-50(43)45-19-8-9-21-48(45)57(36)38-16-6-3-7-17-38)40-27-31-49-56(35-40)61-55-25-13-22-44(58(49)55)41-18-12-23-51(59-52(33-41)37-14-4-2-5-15-37)42-28-30-47-46-20-10-11-24-53(46)60-54(47)34-42/h2-11,13-22,24-36,51,57,59H,12,23H2,1H3. The van der Waals surface area contributed by atoms with Crippen molar-refractivity contribution in [3.63, 3.8) is 0 Å². The Balaban J connectivity index is 0.908. The third-order valence-electron chi connectivity index (χ3n) is 13.3. The van der Waals surface area contributed by atoms with E-state index < -0.39 is 0 Å². The van der Waals surface area contributed by atoms with Gasteiger partial charge in [-0.15, -0.1) is 11.3 Å². The summed E-state index contributed by atoms with van der Waals surface area (Å²) in [5, 5.41) is 8.98. The highest BCUT2D eigenvalue weighted by Crippen LogP contribution is 2.51. The maximum atomic E-state index is 6.33. The van der Waals surface area contributed by atoms with Crippen molar-refractivity contribution >= 4 is 64.7 Å². The molecule has 3 heteroatoms. The normalized spacial score (nSPS) is 17.6. The van der Waals surface area contributed by atoms with Crippen LogP contribution in [0.15, 0.2) is 199 Å². The van der Waals surface area contributed by atoms with Gasteiger partial charge in [-0.05, 0) is 116 Å². The Bertz CT molecular complexity index is 3370. The molecule has 3 atom stereocenters. The summed E-state index contributed by atoms with van der Waals surface area (Å²) in [6, 6.07) is 67.1. The minimum absolute atomic E-state index is 0.128. The van der Waals surface area contributed by atoms with Gasteiger partial charge in [0, 0.05) is 42.6 Å². The number of hydrogen-bond acceptors (Lipinski definition) is 3. The predicted octanol–water partition coefficient (Wildman–Crippen LogP) is 16.1. The van der Waals surface area contributed by atoms with E-state index in [-0.39, 0.29) is 6.04 Å². The number of benzene rings is 8.